The van der Waals surface area contributed by atoms with Gasteiger partial charge in [0.25, 0.3) is 0 Å². The number of benzene rings is 1. The zero-order chi connectivity index (χ0) is 16.8. The van der Waals surface area contributed by atoms with E-state index in [1.165, 1.54) is 12.1 Å². The molecule has 7 heteroatoms. The first-order chi connectivity index (χ1) is 11.0. The molecular weight excluding hydrogens is 300 g/mol. The van der Waals surface area contributed by atoms with Crippen molar-refractivity contribution in [3.8, 4) is 5.75 Å². The lowest BCUT2D eigenvalue weighted by atomic mass is 10.0. The number of nitrogens with zero attached hydrogens (tertiary/aromatic N) is 1. The minimum atomic E-state index is -0.627. The second-order valence-corrected chi connectivity index (χ2v) is 5.22. The van der Waals surface area contributed by atoms with Crippen molar-refractivity contribution in [2.45, 2.75) is 19.8 Å². The van der Waals surface area contributed by atoms with Gasteiger partial charge >= 0.3 is 5.97 Å². The molecule has 1 aromatic carbocycles. The van der Waals surface area contributed by atoms with Gasteiger partial charge in [-0.1, -0.05) is 12.1 Å². The quantitative estimate of drug-likeness (QED) is 0.807. The predicted octanol–water partition coefficient (Wildman–Crippen LogP) is 0.680. The van der Waals surface area contributed by atoms with E-state index in [9.17, 15) is 14.4 Å². The molecule has 1 saturated heterocycles. The van der Waals surface area contributed by atoms with Crippen LogP contribution in [0.3, 0.4) is 0 Å². The van der Waals surface area contributed by atoms with Gasteiger partial charge < -0.3 is 9.47 Å². The van der Waals surface area contributed by atoms with Gasteiger partial charge in [0.05, 0.1) is 32.6 Å². The van der Waals surface area contributed by atoms with E-state index < -0.39 is 11.9 Å². The molecule has 0 aliphatic carbocycles. The van der Waals surface area contributed by atoms with Gasteiger partial charge in [0, 0.05) is 6.42 Å². The first kappa shape index (κ1) is 16.8. The molecule has 1 fully saturated rings. The van der Waals surface area contributed by atoms with Crippen LogP contribution in [0.2, 0.25) is 0 Å². The summed E-state index contributed by atoms with van der Waals surface area (Å²) in [6, 6.07) is 7.18. The van der Waals surface area contributed by atoms with Gasteiger partial charge in [0.2, 0.25) is 11.8 Å². The fraction of sp³-hybridized carbons (Fsp3) is 0.438. The number of hydrogen-bond donors (Lipinski definition) is 1. The summed E-state index contributed by atoms with van der Waals surface area (Å²) in [4.78, 5) is 35.5. The van der Waals surface area contributed by atoms with Crippen LogP contribution < -0.4 is 10.2 Å². The first-order valence-electron chi connectivity index (χ1n) is 7.43. The summed E-state index contributed by atoms with van der Waals surface area (Å²) >= 11 is 0. The summed E-state index contributed by atoms with van der Waals surface area (Å²) in [5.41, 5.74) is 3.29. The maximum atomic E-state index is 12.3. The van der Waals surface area contributed by atoms with Gasteiger partial charge in [-0.05, 0) is 24.6 Å². The second-order valence-electron chi connectivity index (χ2n) is 5.22. The number of ether oxygens (including phenoxy) is 2. The topological polar surface area (TPSA) is 84.9 Å². The summed E-state index contributed by atoms with van der Waals surface area (Å²) in [5.74, 6) is -1.03. The molecule has 1 aliphatic rings. The van der Waals surface area contributed by atoms with Crippen LogP contribution in [-0.2, 0) is 25.5 Å². The van der Waals surface area contributed by atoms with Crippen LogP contribution in [0.5, 0.6) is 5.75 Å². The summed E-state index contributed by atoms with van der Waals surface area (Å²) < 4.78 is 9.99. The Morgan fingerprint density at radius 3 is 2.61 bits per heavy atom. The third kappa shape index (κ3) is 4.45. The van der Waals surface area contributed by atoms with Crippen LogP contribution >= 0.6 is 0 Å². The Labute approximate surface area is 134 Å². The molecule has 23 heavy (non-hydrogen) atoms. The Hall–Kier alpha value is -2.57. The standard InChI is InChI=1S/C16H20N2O5/c1-3-23-13-6-4-11(5-7-13)8-15(20)18-10-12(16(21)22-2)9-14(19)17-18/h4-7,12H,3,8-10H2,1-2H3,(H,17,19). The Morgan fingerprint density at radius 2 is 2.00 bits per heavy atom. The zero-order valence-corrected chi connectivity index (χ0v) is 13.2. The van der Waals surface area contributed by atoms with E-state index in [-0.39, 0.29) is 31.2 Å². The average molecular weight is 320 g/mol. The van der Waals surface area contributed by atoms with Crippen molar-refractivity contribution in [1.82, 2.24) is 10.4 Å². The highest BCUT2D eigenvalue weighted by atomic mass is 16.5. The molecule has 0 saturated carbocycles. The van der Waals surface area contributed by atoms with Crippen LogP contribution in [0, 0.1) is 5.92 Å². The van der Waals surface area contributed by atoms with E-state index in [2.05, 4.69) is 10.2 Å². The third-order valence-electron chi connectivity index (χ3n) is 3.52. The smallest absolute Gasteiger partial charge is 0.311 e. The molecule has 124 valence electrons. The molecule has 0 aromatic heterocycles. The third-order valence-corrected chi connectivity index (χ3v) is 3.52. The Kier molecular flexibility index (Phi) is 5.56. The van der Waals surface area contributed by atoms with E-state index in [4.69, 9.17) is 4.74 Å². The van der Waals surface area contributed by atoms with E-state index in [1.807, 2.05) is 6.92 Å². The van der Waals surface area contributed by atoms with Crippen molar-refractivity contribution in [3.05, 3.63) is 29.8 Å². The molecule has 7 nitrogen and oxygen atoms in total. The Morgan fingerprint density at radius 1 is 1.30 bits per heavy atom. The lowest BCUT2D eigenvalue weighted by Gasteiger charge is -2.31. The second kappa shape index (κ2) is 7.62. The van der Waals surface area contributed by atoms with Crippen LogP contribution in [0.4, 0.5) is 0 Å². The molecule has 1 N–H and O–H groups in total. The number of esters is 1. The average Bonchev–Trinajstić information content (AvgIpc) is 2.55. The molecule has 0 spiro atoms. The van der Waals surface area contributed by atoms with Crippen molar-refractivity contribution in [2.75, 3.05) is 20.3 Å². The fourth-order valence-corrected chi connectivity index (χ4v) is 2.38. The minimum Gasteiger partial charge on any atom is -0.494 e. The summed E-state index contributed by atoms with van der Waals surface area (Å²) in [5, 5.41) is 1.18. The molecule has 1 atom stereocenters. The van der Waals surface area contributed by atoms with Gasteiger partial charge in [-0.25, -0.2) is 0 Å². The normalized spacial score (nSPS) is 17.4. The summed E-state index contributed by atoms with van der Waals surface area (Å²) in [6.07, 6.45) is 0.153. The molecule has 1 aromatic rings. The van der Waals surface area contributed by atoms with E-state index in [0.717, 1.165) is 11.3 Å². The first-order valence-corrected chi connectivity index (χ1v) is 7.43. The molecule has 1 aliphatic heterocycles. The lowest BCUT2D eigenvalue weighted by Crippen LogP contribution is -2.55. The number of carbonyl (C=O) groups excluding carboxylic acids is 3. The molecule has 0 bridgehead atoms. The van der Waals surface area contributed by atoms with Crippen LogP contribution in [0.25, 0.3) is 0 Å². The minimum absolute atomic E-state index is 0.0273. The summed E-state index contributed by atoms with van der Waals surface area (Å²) in [6.45, 7) is 2.59. The van der Waals surface area contributed by atoms with Gasteiger partial charge in [-0.2, -0.15) is 0 Å². The molecule has 2 rings (SSSR count). The molecular formula is C16H20N2O5. The van der Waals surface area contributed by atoms with Gasteiger partial charge in [0.1, 0.15) is 5.75 Å². The fourth-order valence-electron chi connectivity index (χ4n) is 2.38. The predicted molar refractivity (Wildman–Crippen MR) is 81.3 cm³/mol. The van der Waals surface area contributed by atoms with Crippen LogP contribution in [-0.4, -0.2) is 43.1 Å². The molecule has 0 radical (unpaired) electrons. The Balaban J connectivity index is 1.98. The van der Waals surface area contributed by atoms with Crippen molar-refractivity contribution in [1.29, 1.82) is 0 Å². The molecule has 1 heterocycles. The molecule has 2 amide bonds. The highest BCUT2D eigenvalue weighted by Crippen LogP contribution is 2.16. The maximum Gasteiger partial charge on any atom is 0.311 e. The largest absolute Gasteiger partial charge is 0.494 e. The van der Waals surface area contributed by atoms with E-state index in [0.29, 0.717) is 6.61 Å². The number of amides is 2. The SMILES string of the molecule is CCOc1ccc(CC(=O)N2CC(C(=O)OC)CC(=O)N2)cc1. The molecule has 1 unspecified atom stereocenters. The number of nitrogens with one attached hydrogen (secondary N) is 1. The zero-order valence-electron chi connectivity index (χ0n) is 13.2. The van der Waals surface area contributed by atoms with Crippen molar-refractivity contribution >= 4 is 17.8 Å². The van der Waals surface area contributed by atoms with E-state index in [1.54, 1.807) is 24.3 Å². The highest BCUT2D eigenvalue weighted by molar-refractivity contribution is 5.88. The number of methoxy groups -OCH3 is 1. The number of hydrazine groups is 1. The lowest BCUT2D eigenvalue weighted by molar-refractivity contribution is -0.156. The van der Waals surface area contributed by atoms with Crippen LogP contribution in [0.15, 0.2) is 24.3 Å². The monoisotopic (exact) mass is 320 g/mol. The van der Waals surface area contributed by atoms with Crippen molar-refractivity contribution in [2.24, 2.45) is 5.92 Å². The Bertz CT molecular complexity index is 585. The van der Waals surface area contributed by atoms with Crippen molar-refractivity contribution < 1.29 is 23.9 Å². The number of hydrogen-bond acceptors (Lipinski definition) is 5. The van der Waals surface area contributed by atoms with Gasteiger partial charge in [0.15, 0.2) is 0 Å². The number of carbonyl (C=O) groups is 3. The van der Waals surface area contributed by atoms with Gasteiger partial charge in [-0.3, -0.25) is 24.8 Å². The number of rotatable bonds is 5. The van der Waals surface area contributed by atoms with Gasteiger partial charge in [-0.15, -0.1) is 0 Å². The maximum absolute atomic E-state index is 12.3. The summed E-state index contributed by atoms with van der Waals surface area (Å²) in [7, 11) is 1.26. The van der Waals surface area contributed by atoms with Crippen molar-refractivity contribution in [3.63, 3.8) is 0 Å². The highest BCUT2D eigenvalue weighted by Gasteiger charge is 2.33. The van der Waals surface area contributed by atoms with E-state index >= 15 is 0 Å². The van der Waals surface area contributed by atoms with Crippen LogP contribution in [0.1, 0.15) is 18.9 Å².